The van der Waals surface area contributed by atoms with Crippen LogP contribution >= 0.6 is 24.0 Å². The van der Waals surface area contributed by atoms with Crippen LogP contribution < -0.4 is 14.8 Å². The van der Waals surface area contributed by atoms with E-state index in [9.17, 15) is 0 Å². The van der Waals surface area contributed by atoms with Gasteiger partial charge in [0.1, 0.15) is 11.5 Å². The van der Waals surface area contributed by atoms with Gasteiger partial charge in [-0.05, 0) is 49.3 Å². The van der Waals surface area contributed by atoms with Crippen molar-refractivity contribution in [2.75, 3.05) is 67.3 Å². The summed E-state index contributed by atoms with van der Waals surface area (Å²) in [5.41, 5.74) is 1.26. The number of nitrogens with one attached hydrogen (secondary N) is 1. The lowest BCUT2D eigenvalue weighted by molar-refractivity contribution is 0.0203. The topological polar surface area (TPSA) is 64.6 Å². The molecule has 0 saturated carbocycles. The van der Waals surface area contributed by atoms with Crippen molar-refractivity contribution in [3.63, 3.8) is 0 Å². The van der Waals surface area contributed by atoms with Crippen LogP contribution in [0.15, 0.2) is 23.2 Å². The SMILES string of the molecule is CN=C(NCCCOCC1CCOCC1)N1CCC(c2cc(OC)cc(OC)c2)C1.I. The standard InChI is InChI=1S/C23H37N3O4.HI/c1-24-23(25-8-4-10-30-17-18-6-11-29-12-7-18)26-9-5-19(16-26)20-13-21(27-2)15-22(14-20)28-3;/h13-15,18-19H,4-12,16-17H2,1-3H3,(H,24,25);1H. The molecule has 1 atom stereocenters. The molecule has 0 bridgehead atoms. The highest BCUT2D eigenvalue weighted by Crippen LogP contribution is 2.32. The molecule has 3 rings (SSSR count). The number of hydrogen-bond donors (Lipinski definition) is 1. The quantitative estimate of drug-likeness (QED) is 0.221. The first-order valence-electron chi connectivity index (χ1n) is 11.1. The van der Waals surface area contributed by atoms with E-state index in [0.29, 0.717) is 11.8 Å². The molecule has 2 aliphatic heterocycles. The molecule has 0 aliphatic carbocycles. The summed E-state index contributed by atoms with van der Waals surface area (Å²) in [4.78, 5) is 6.82. The molecule has 1 aromatic carbocycles. The fourth-order valence-corrected chi connectivity index (χ4v) is 4.16. The Morgan fingerprint density at radius 1 is 1.13 bits per heavy atom. The summed E-state index contributed by atoms with van der Waals surface area (Å²) < 4.78 is 22.1. The Kier molecular flexibility index (Phi) is 11.7. The predicted octanol–water partition coefficient (Wildman–Crippen LogP) is 3.52. The first-order chi connectivity index (χ1) is 14.7. The van der Waals surface area contributed by atoms with Crippen LogP contribution in [-0.2, 0) is 9.47 Å². The highest BCUT2D eigenvalue weighted by atomic mass is 127. The molecule has 31 heavy (non-hydrogen) atoms. The highest BCUT2D eigenvalue weighted by Gasteiger charge is 2.26. The minimum absolute atomic E-state index is 0. The molecule has 7 nitrogen and oxygen atoms in total. The molecule has 2 aliphatic rings. The largest absolute Gasteiger partial charge is 0.497 e. The Balaban J connectivity index is 0.00000341. The monoisotopic (exact) mass is 547 g/mol. The number of rotatable bonds is 9. The molecule has 0 amide bonds. The molecule has 1 unspecified atom stereocenters. The van der Waals surface area contributed by atoms with Crippen molar-refractivity contribution < 1.29 is 18.9 Å². The zero-order valence-electron chi connectivity index (χ0n) is 19.1. The molecule has 0 aromatic heterocycles. The van der Waals surface area contributed by atoms with E-state index in [1.54, 1.807) is 14.2 Å². The predicted molar refractivity (Wildman–Crippen MR) is 134 cm³/mol. The van der Waals surface area contributed by atoms with Crippen LogP contribution in [0.2, 0.25) is 0 Å². The van der Waals surface area contributed by atoms with Gasteiger partial charge < -0.3 is 29.2 Å². The van der Waals surface area contributed by atoms with Crippen LogP contribution in [0.4, 0.5) is 0 Å². The lowest BCUT2D eigenvalue weighted by atomic mass is 9.98. The number of ether oxygens (including phenoxy) is 4. The molecule has 2 heterocycles. The van der Waals surface area contributed by atoms with Gasteiger partial charge in [0.2, 0.25) is 0 Å². The second-order valence-corrected chi connectivity index (χ2v) is 8.04. The van der Waals surface area contributed by atoms with Gasteiger partial charge in [-0.2, -0.15) is 0 Å². The number of benzene rings is 1. The average molecular weight is 547 g/mol. The zero-order chi connectivity index (χ0) is 21.2. The van der Waals surface area contributed by atoms with Crippen LogP contribution in [-0.4, -0.2) is 78.2 Å². The third kappa shape index (κ3) is 7.98. The van der Waals surface area contributed by atoms with Gasteiger partial charge in [-0.1, -0.05) is 0 Å². The summed E-state index contributed by atoms with van der Waals surface area (Å²) in [5, 5.41) is 3.49. The van der Waals surface area contributed by atoms with Gasteiger partial charge in [-0.3, -0.25) is 4.99 Å². The normalized spacial score (nSPS) is 19.8. The minimum atomic E-state index is 0. The smallest absolute Gasteiger partial charge is 0.193 e. The van der Waals surface area contributed by atoms with Gasteiger partial charge in [0, 0.05) is 65.1 Å². The number of methoxy groups -OCH3 is 2. The van der Waals surface area contributed by atoms with Gasteiger partial charge >= 0.3 is 0 Å². The first kappa shape index (κ1) is 26.0. The maximum absolute atomic E-state index is 5.86. The molecule has 176 valence electrons. The summed E-state index contributed by atoms with van der Waals surface area (Å²) in [6.07, 6.45) is 4.32. The van der Waals surface area contributed by atoms with E-state index in [-0.39, 0.29) is 24.0 Å². The Bertz CT molecular complexity index is 661. The molecular formula is C23H38IN3O4. The fourth-order valence-electron chi connectivity index (χ4n) is 4.16. The average Bonchev–Trinajstić information content (AvgIpc) is 3.29. The summed E-state index contributed by atoms with van der Waals surface area (Å²) in [7, 11) is 5.24. The minimum Gasteiger partial charge on any atom is -0.497 e. The van der Waals surface area contributed by atoms with Crippen molar-refractivity contribution in [1.82, 2.24) is 10.2 Å². The van der Waals surface area contributed by atoms with Crippen molar-refractivity contribution >= 4 is 29.9 Å². The van der Waals surface area contributed by atoms with Gasteiger partial charge in [-0.25, -0.2) is 0 Å². The Morgan fingerprint density at radius 3 is 2.48 bits per heavy atom. The number of halogens is 1. The maximum atomic E-state index is 5.86. The second kappa shape index (κ2) is 14.0. The highest BCUT2D eigenvalue weighted by molar-refractivity contribution is 14.0. The van der Waals surface area contributed by atoms with E-state index in [4.69, 9.17) is 18.9 Å². The number of aliphatic imine (C=N–C) groups is 1. The number of guanidine groups is 1. The van der Waals surface area contributed by atoms with Crippen molar-refractivity contribution in [1.29, 1.82) is 0 Å². The molecule has 2 fully saturated rings. The van der Waals surface area contributed by atoms with E-state index in [1.165, 1.54) is 5.56 Å². The summed E-state index contributed by atoms with van der Waals surface area (Å²) in [6, 6.07) is 6.14. The van der Waals surface area contributed by atoms with Crippen LogP contribution in [0.5, 0.6) is 11.5 Å². The van der Waals surface area contributed by atoms with Gasteiger partial charge in [-0.15, -0.1) is 24.0 Å². The van der Waals surface area contributed by atoms with Crippen molar-refractivity contribution in [2.24, 2.45) is 10.9 Å². The Morgan fingerprint density at radius 2 is 1.84 bits per heavy atom. The summed E-state index contributed by atoms with van der Waals surface area (Å²) in [5.74, 6) is 3.75. The Labute approximate surface area is 203 Å². The molecule has 0 spiro atoms. The van der Waals surface area contributed by atoms with E-state index in [0.717, 1.165) is 89.2 Å². The molecular weight excluding hydrogens is 509 g/mol. The van der Waals surface area contributed by atoms with E-state index in [2.05, 4.69) is 27.3 Å². The van der Waals surface area contributed by atoms with Crippen LogP contribution in [0, 0.1) is 5.92 Å². The molecule has 2 saturated heterocycles. The van der Waals surface area contributed by atoms with Crippen LogP contribution in [0.3, 0.4) is 0 Å². The van der Waals surface area contributed by atoms with Crippen LogP contribution in [0.1, 0.15) is 37.2 Å². The van der Waals surface area contributed by atoms with Crippen molar-refractivity contribution in [3.05, 3.63) is 23.8 Å². The third-order valence-corrected chi connectivity index (χ3v) is 5.99. The van der Waals surface area contributed by atoms with Crippen molar-refractivity contribution in [3.8, 4) is 11.5 Å². The Hall–Kier alpha value is -1.26. The summed E-state index contributed by atoms with van der Waals surface area (Å²) >= 11 is 0. The number of hydrogen-bond acceptors (Lipinski definition) is 5. The van der Waals surface area contributed by atoms with Crippen molar-refractivity contribution in [2.45, 2.75) is 31.6 Å². The van der Waals surface area contributed by atoms with Gasteiger partial charge in [0.25, 0.3) is 0 Å². The maximum Gasteiger partial charge on any atom is 0.193 e. The van der Waals surface area contributed by atoms with Gasteiger partial charge in [0.15, 0.2) is 5.96 Å². The van der Waals surface area contributed by atoms with E-state index < -0.39 is 0 Å². The lowest BCUT2D eigenvalue weighted by Gasteiger charge is -2.23. The fraction of sp³-hybridized carbons (Fsp3) is 0.696. The summed E-state index contributed by atoms with van der Waals surface area (Å²) in [6.45, 7) is 6.20. The molecule has 8 heteroatoms. The molecule has 0 radical (unpaired) electrons. The van der Waals surface area contributed by atoms with E-state index >= 15 is 0 Å². The number of likely N-dealkylation sites (tertiary alicyclic amines) is 1. The van der Waals surface area contributed by atoms with Gasteiger partial charge in [0.05, 0.1) is 14.2 Å². The molecule has 1 N–H and O–H groups in total. The van der Waals surface area contributed by atoms with E-state index in [1.807, 2.05) is 13.1 Å². The van der Waals surface area contributed by atoms with Crippen LogP contribution in [0.25, 0.3) is 0 Å². The zero-order valence-corrected chi connectivity index (χ0v) is 21.4. The molecule has 1 aromatic rings. The second-order valence-electron chi connectivity index (χ2n) is 8.04. The number of nitrogens with zero attached hydrogens (tertiary/aromatic N) is 2. The lowest BCUT2D eigenvalue weighted by Crippen LogP contribution is -2.40. The third-order valence-electron chi connectivity index (χ3n) is 5.99. The first-order valence-corrected chi connectivity index (χ1v) is 11.1.